The van der Waals surface area contributed by atoms with Crippen LogP contribution in [0.15, 0.2) is 158 Å². The van der Waals surface area contributed by atoms with Gasteiger partial charge in [-0.05, 0) is 118 Å². The number of benzene rings is 7. The summed E-state index contributed by atoms with van der Waals surface area (Å²) in [4.78, 5) is 6.75. The Bertz CT molecular complexity index is 2660. The number of hydrogen-bond donors (Lipinski definition) is 0. The predicted molar refractivity (Wildman–Crippen MR) is 200 cm³/mol. The second-order valence-electron chi connectivity index (χ2n) is 12.1. The molecule has 0 saturated heterocycles. The Balaban J connectivity index is 1.09. The topological polar surface area (TPSA) is 44.9 Å². The van der Waals surface area contributed by atoms with E-state index in [1.54, 1.807) is 6.20 Å². The van der Waals surface area contributed by atoms with E-state index in [2.05, 4.69) is 142 Å². The van der Waals surface area contributed by atoms with E-state index in [0.29, 0.717) is 5.56 Å². The molecule has 48 heavy (non-hydrogen) atoms. The fraction of sp³-hybridized carbons (Fsp3) is 0. The van der Waals surface area contributed by atoms with E-state index in [-0.39, 0.29) is 0 Å². The van der Waals surface area contributed by atoms with Crippen molar-refractivity contribution in [1.82, 2.24) is 9.55 Å². The number of anilines is 3. The lowest BCUT2D eigenvalue weighted by Crippen LogP contribution is -2.11. The first kappa shape index (κ1) is 27.6. The summed E-state index contributed by atoms with van der Waals surface area (Å²) in [5.74, 6) is 0.814. The van der Waals surface area contributed by atoms with Crippen molar-refractivity contribution >= 4 is 72.7 Å². The molecule has 0 N–H and O–H groups in total. The van der Waals surface area contributed by atoms with Gasteiger partial charge in [-0.3, -0.25) is 4.90 Å². The van der Waals surface area contributed by atoms with Crippen molar-refractivity contribution in [2.24, 2.45) is 0 Å². The molecule has 4 nitrogen and oxygen atoms in total. The molecule has 7 aromatic carbocycles. The second-order valence-corrected chi connectivity index (χ2v) is 12.1. The van der Waals surface area contributed by atoms with Crippen LogP contribution >= 0.6 is 0 Å². The third-order valence-corrected chi connectivity index (χ3v) is 9.14. The highest BCUT2D eigenvalue weighted by Crippen LogP contribution is 2.40. The largest absolute Gasteiger partial charge is 0.309 e. The minimum absolute atomic E-state index is 0.627. The Kier molecular flexibility index (Phi) is 6.48. The molecule has 4 heteroatoms. The van der Waals surface area contributed by atoms with Gasteiger partial charge in [-0.1, -0.05) is 78.9 Å². The molecular weight excluding hydrogens is 585 g/mol. The molecule has 224 valence electrons. The number of nitriles is 1. The second kappa shape index (κ2) is 11.3. The van der Waals surface area contributed by atoms with Crippen LogP contribution in [0, 0.1) is 11.3 Å². The van der Waals surface area contributed by atoms with Crippen LogP contribution in [0.4, 0.5) is 17.2 Å². The number of hydrogen-bond acceptors (Lipinski definition) is 3. The summed E-state index contributed by atoms with van der Waals surface area (Å²) in [7, 11) is 0. The van der Waals surface area contributed by atoms with Gasteiger partial charge in [0.1, 0.15) is 5.82 Å². The van der Waals surface area contributed by atoms with Crippen LogP contribution in [0.2, 0.25) is 0 Å². The fourth-order valence-electron chi connectivity index (χ4n) is 6.94. The van der Waals surface area contributed by atoms with E-state index >= 15 is 0 Å². The SMILES string of the molecule is N#Cc1ccc(N(c2ccc3cc(/C=C/c4cc5ccc6cccc7c6c5c(c4)n7-c4ccccc4)ccc3c2)c2ccccn2)cc1. The zero-order valence-corrected chi connectivity index (χ0v) is 26.0. The molecule has 0 unspecified atom stereocenters. The monoisotopic (exact) mass is 612 g/mol. The van der Waals surface area contributed by atoms with Crippen LogP contribution in [0.5, 0.6) is 0 Å². The Morgan fingerprint density at radius 1 is 0.542 bits per heavy atom. The molecule has 0 aliphatic rings. The van der Waals surface area contributed by atoms with E-state index in [4.69, 9.17) is 0 Å². The molecular formula is C44H28N4. The van der Waals surface area contributed by atoms with Gasteiger partial charge in [0.15, 0.2) is 0 Å². The van der Waals surface area contributed by atoms with Crippen molar-refractivity contribution in [3.05, 3.63) is 175 Å². The summed E-state index contributed by atoms with van der Waals surface area (Å²) in [5.41, 5.74) is 8.49. The van der Waals surface area contributed by atoms with Crippen LogP contribution in [0.3, 0.4) is 0 Å². The lowest BCUT2D eigenvalue weighted by molar-refractivity contribution is 1.18. The quantitative estimate of drug-likeness (QED) is 0.139. The molecule has 0 atom stereocenters. The highest BCUT2D eigenvalue weighted by atomic mass is 15.2. The van der Waals surface area contributed by atoms with Gasteiger partial charge in [0.05, 0.1) is 22.7 Å². The fourth-order valence-corrected chi connectivity index (χ4v) is 6.94. The molecule has 0 spiro atoms. The molecule has 0 radical (unpaired) electrons. The van der Waals surface area contributed by atoms with Crippen molar-refractivity contribution in [3.63, 3.8) is 0 Å². The van der Waals surface area contributed by atoms with Crippen LogP contribution < -0.4 is 4.90 Å². The maximum atomic E-state index is 9.31. The Hall–Kier alpha value is -6.70. The standard InChI is InChI=1S/C44H28N4/c45-29-31-15-21-38(22-16-31)47(42-11-4-5-24-46-42)39-23-20-34-25-30(14-17-35(34)28-39)12-13-32-26-36-19-18-33-7-6-10-40-43(33)44(36)41(27-32)48(40)37-8-2-1-3-9-37/h1-28H/b13-12+. The summed E-state index contributed by atoms with van der Waals surface area (Å²) in [6.07, 6.45) is 6.22. The maximum Gasteiger partial charge on any atom is 0.137 e. The molecule has 0 amide bonds. The van der Waals surface area contributed by atoms with E-state index in [1.807, 2.05) is 42.5 Å². The lowest BCUT2D eigenvalue weighted by atomic mass is 9.99. The van der Waals surface area contributed by atoms with Gasteiger partial charge >= 0.3 is 0 Å². The first-order chi connectivity index (χ1) is 23.7. The van der Waals surface area contributed by atoms with Gasteiger partial charge in [0.25, 0.3) is 0 Å². The smallest absolute Gasteiger partial charge is 0.137 e. The number of nitrogens with zero attached hydrogens (tertiary/aromatic N) is 4. The summed E-state index contributed by atoms with van der Waals surface area (Å²) in [6.45, 7) is 0. The molecule has 2 heterocycles. The molecule has 2 aromatic heterocycles. The van der Waals surface area contributed by atoms with E-state index in [9.17, 15) is 5.26 Å². The van der Waals surface area contributed by atoms with E-state index < -0.39 is 0 Å². The van der Waals surface area contributed by atoms with Gasteiger partial charge < -0.3 is 4.57 Å². The molecule has 0 fully saturated rings. The average molecular weight is 613 g/mol. The lowest BCUT2D eigenvalue weighted by Gasteiger charge is -2.24. The third-order valence-electron chi connectivity index (χ3n) is 9.14. The van der Waals surface area contributed by atoms with Crippen LogP contribution in [-0.4, -0.2) is 9.55 Å². The molecule has 9 rings (SSSR count). The molecule has 0 bridgehead atoms. The first-order valence-electron chi connectivity index (χ1n) is 16.0. The Labute approximate surface area is 278 Å². The maximum absolute atomic E-state index is 9.31. The van der Waals surface area contributed by atoms with Crippen molar-refractivity contribution in [2.45, 2.75) is 0 Å². The summed E-state index contributed by atoms with van der Waals surface area (Å²) >= 11 is 0. The van der Waals surface area contributed by atoms with Crippen LogP contribution in [-0.2, 0) is 0 Å². The van der Waals surface area contributed by atoms with Gasteiger partial charge in [-0.15, -0.1) is 0 Å². The summed E-state index contributed by atoms with van der Waals surface area (Å²) in [6, 6.07) is 55.1. The average Bonchev–Trinajstić information content (AvgIpc) is 3.49. The Morgan fingerprint density at radius 2 is 1.25 bits per heavy atom. The van der Waals surface area contributed by atoms with E-state index in [1.165, 1.54) is 38.3 Å². The summed E-state index contributed by atoms with van der Waals surface area (Å²) < 4.78 is 2.39. The number of fused-ring (bicyclic) bond motifs is 1. The molecule has 0 saturated carbocycles. The van der Waals surface area contributed by atoms with Crippen LogP contribution in [0.1, 0.15) is 16.7 Å². The van der Waals surface area contributed by atoms with Gasteiger partial charge in [0.2, 0.25) is 0 Å². The van der Waals surface area contributed by atoms with Crippen molar-refractivity contribution in [2.75, 3.05) is 4.90 Å². The van der Waals surface area contributed by atoms with Gasteiger partial charge in [-0.2, -0.15) is 5.26 Å². The zero-order valence-electron chi connectivity index (χ0n) is 26.0. The first-order valence-corrected chi connectivity index (χ1v) is 16.0. The molecule has 0 aliphatic heterocycles. The van der Waals surface area contributed by atoms with Crippen LogP contribution in [0.25, 0.3) is 61.2 Å². The third kappa shape index (κ3) is 4.65. The minimum Gasteiger partial charge on any atom is -0.309 e. The Morgan fingerprint density at radius 3 is 2.08 bits per heavy atom. The predicted octanol–water partition coefficient (Wildman–Crippen LogP) is 11.4. The number of pyridine rings is 1. The normalized spacial score (nSPS) is 11.6. The van der Waals surface area contributed by atoms with Gasteiger partial charge in [-0.25, -0.2) is 4.98 Å². The molecule has 9 aromatic rings. The van der Waals surface area contributed by atoms with E-state index in [0.717, 1.165) is 39.1 Å². The van der Waals surface area contributed by atoms with Crippen molar-refractivity contribution in [1.29, 1.82) is 5.26 Å². The number of rotatable bonds is 6. The minimum atomic E-state index is 0.627. The zero-order chi connectivity index (χ0) is 32.0. The van der Waals surface area contributed by atoms with Crippen molar-refractivity contribution in [3.8, 4) is 11.8 Å². The number of para-hydroxylation sites is 1. The molecule has 0 aliphatic carbocycles. The summed E-state index contributed by atoms with van der Waals surface area (Å²) in [5, 5.41) is 16.7. The van der Waals surface area contributed by atoms with Crippen molar-refractivity contribution < 1.29 is 0 Å². The highest BCUT2D eigenvalue weighted by Gasteiger charge is 2.17. The number of aromatic nitrogens is 2. The van der Waals surface area contributed by atoms with Gasteiger partial charge in [0, 0.05) is 34.0 Å². The highest BCUT2D eigenvalue weighted by molar-refractivity contribution is 6.24.